The molecule has 0 aromatic heterocycles. The summed E-state index contributed by atoms with van der Waals surface area (Å²) < 4.78 is 40.2. The van der Waals surface area contributed by atoms with E-state index in [1.165, 1.54) is 23.1 Å². The van der Waals surface area contributed by atoms with Crippen molar-refractivity contribution in [2.75, 3.05) is 44.7 Å². The van der Waals surface area contributed by atoms with E-state index >= 15 is 0 Å². The van der Waals surface area contributed by atoms with Crippen LogP contribution < -0.4 is 4.90 Å². The minimum absolute atomic E-state index is 0.00228. The predicted molar refractivity (Wildman–Crippen MR) is 115 cm³/mol. The van der Waals surface area contributed by atoms with E-state index in [0.717, 1.165) is 12.1 Å². The largest absolute Gasteiger partial charge is 0.417 e. The van der Waals surface area contributed by atoms with Crippen LogP contribution >= 0.6 is 11.6 Å². The number of hydrogen-bond donors (Lipinski definition) is 1. The molecule has 1 saturated heterocycles. The summed E-state index contributed by atoms with van der Waals surface area (Å²) in [6.45, 7) is 1.60. The number of hydrogen-bond acceptors (Lipinski definition) is 4. The number of aliphatic hydroxyl groups excluding tert-OH is 1. The third-order valence-corrected chi connectivity index (χ3v) is 5.66. The Labute approximate surface area is 188 Å². The van der Waals surface area contributed by atoms with Crippen molar-refractivity contribution in [1.82, 2.24) is 9.80 Å². The van der Waals surface area contributed by atoms with Crippen LogP contribution in [0, 0.1) is 0 Å². The number of ketones is 1. The fraction of sp³-hybridized carbons (Fsp3) is 0.364. The van der Waals surface area contributed by atoms with Crippen molar-refractivity contribution in [2.45, 2.75) is 12.7 Å². The number of halogens is 4. The van der Waals surface area contributed by atoms with Crippen LogP contribution in [-0.4, -0.2) is 66.6 Å². The highest BCUT2D eigenvalue weighted by molar-refractivity contribution is 6.31. The topological polar surface area (TPSA) is 64.1 Å². The summed E-state index contributed by atoms with van der Waals surface area (Å²) in [5.74, 6) is -0.450. The first-order valence-electron chi connectivity index (χ1n) is 9.95. The fourth-order valence-corrected chi connectivity index (χ4v) is 3.63. The number of likely N-dealkylation sites (N-methyl/N-ethyl adjacent to an activating group) is 1. The zero-order valence-electron chi connectivity index (χ0n) is 17.4. The monoisotopic (exact) mass is 469 g/mol. The number of carbonyl (C=O) groups excluding carboxylic acids is 2. The molecule has 2 amide bonds. The maximum Gasteiger partial charge on any atom is 0.417 e. The second-order valence-corrected chi connectivity index (χ2v) is 8.01. The third-order valence-electron chi connectivity index (χ3n) is 5.33. The molecule has 2 aromatic carbocycles. The van der Waals surface area contributed by atoms with E-state index < -0.39 is 35.2 Å². The summed E-state index contributed by atoms with van der Waals surface area (Å²) in [6.07, 6.45) is -4.66. The Morgan fingerprint density at radius 2 is 1.69 bits per heavy atom. The lowest BCUT2D eigenvalue weighted by Crippen LogP contribution is -2.52. The van der Waals surface area contributed by atoms with Gasteiger partial charge in [0.05, 0.1) is 17.1 Å². The lowest BCUT2D eigenvalue weighted by atomic mass is 10.1. The zero-order chi connectivity index (χ0) is 23.5. The second kappa shape index (κ2) is 9.89. The molecule has 3 rings (SSSR count). The molecule has 0 aliphatic carbocycles. The number of urea groups is 1. The van der Waals surface area contributed by atoms with Gasteiger partial charge in [0.2, 0.25) is 0 Å². The van der Waals surface area contributed by atoms with Crippen LogP contribution in [0.5, 0.6) is 0 Å². The number of rotatable bonds is 5. The van der Waals surface area contributed by atoms with Crippen molar-refractivity contribution in [2.24, 2.45) is 0 Å². The van der Waals surface area contributed by atoms with Crippen LogP contribution in [0.25, 0.3) is 0 Å². The summed E-state index contributed by atoms with van der Waals surface area (Å²) in [4.78, 5) is 29.9. The summed E-state index contributed by atoms with van der Waals surface area (Å²) in [7, 11) is 1.93. The average Bonchev–Trinajstić information content (AvgIpc) is 2.77. The Morgan fingerprint density at radius 3 is 2.25 bits per heavy atom. The van der Waals surface area contributed by atoms with Gasteiger partial charge in [0.25, 0.3) is 0 Å². The number of nitrogens with zero attached hydrogens (tertiary/aromatic N) is 3. The first-order valence-corrected chi connectivity index (χ1v) is 10.3. The van der Waals surface area contributed by atoms with Crippen LogP contribution in [0.4, 0.5) is 23.7 Å². The number of carbonyl (C=O) groups is 2. The number of benzene rings is 2. The molecule has 6 nitrogen and oxygen atoms in total. The molecule has 0 radical (unpaired) electrons. The minimum atomic E-state index is -4.66. The molecule has 0 spiro atoms. The van der Waals surface area contributed by atoms with Gasteiger partial charge in [-0.2, -0.15) is 13.2 Å². The summed E-state index contributed by atoms with van der Waals surface area (Å²) in [6, 6.07) is 9.21. The maximum absolute atomic E-state index is 13.4. The summed E-state index contributed by atoms with van der Waals surface area (Å²) >= 11 is 5.76. The Kier molecular flexibility index (Phi) is 7.43. The van der Waals surface area contributed by atoms with Crippen molar-refractivity contribution >= 4 is 29.1 Å². The molecule has 32 heavy (non-hydrogen) atoms. The van der Waals surface area contributed by atoms with Gasteiger partial charge in [-0.25, -0.2) is 4.79 Å². The Balaban J connectivity index is 1.95. The second-order valence-electron chi connectivity index (χ2n) is 7.60. The van der Waals surface area contributed by atoms with Gasteiger partial charge in [0.1, 0.15) is 6.61 Å². The van der Waals surface area contributed by atoms with Gasteiger partial charge >= 0.3 is 12.2 Å². The SMILES string of the molecule is CN1CCN(C(=O)N(Cc2ccc(C(=O)CO)cc2)c2ccc(Cl)c(C(F)(F)F)c2)CC1. The molecule has 1 N–H and O–H groups in total. The van der Waals surface area contributed by atoms with Crippen LogP contribution in [0.1, 0.15) is 21.5 Å². The number of aliphatic hydroxyl groups is 1. The van der Waals surface area contributed by atoms with E-state index in [-0.39, 0.29) is 12.2 Å². The number of amides is 2. The van der Waals surface area contributed by atoms with Gasteiger partial charge in [0.15, 0.2) is 5.78 Å². The summed E-state index contributed by atoms with van der Waals surface area (Å²) in [5, 5.41) is 8.54. The molecular formula is C22H23ClF3N3O3. The van der Waals surface area contributed by atoms with Gasteiger partial charge in [-0.05, 0) is 30.8 Å². The molecule has 2 aromatic rings. The van der Waals surface area contributed by atoms with E-state index in [1.54, 1.807) is 17.0 Å². The van der Waals surface area contributed by atoms with Gasteiger partial charge in [0, 0.05) is 37.4 Å². The molecule has 0 bridgehead atoms. The quantitative estimate of drug-likeness (QED) is 0.674. The van der Waals surface area contributed by atoms with Crippen molar-refractivity contribution in [3.63, 3.8) is 0 Å². The number of alkyl halides is 3. The maximum atomic E-state index is 13.4. The smallest absolute Gasteiger partial charge is 0.388 e. The van der Waals surface area contributed by atoms with Crippen LogP contribution in [0.2, 0.25) is 5.02 Å². The lowest BCUT2D eigenvalue weighted by molar-refractivity contribution is -0.137. The average molecular weight is 470 g/mol. The standard InChI is InChI=1S/C22H23ClF3N3O3/c1-27-8-10-28(11-9-27)21(32)29(13-15-2-4-16(5-3-15)20(31)14-30)17-6-7-19(23)18(12-17)22(24,25)26/h2-7,12,30H,8-11,13-14H2,1H3. The highest BCUT2D eigenvalue weighted by atomic mass is 35.5. The molecule has 1 aliphatic heterocycles. The molecule has 1 fully saturated rings. The van der Waals surface area contributed by atoms with Gasteiger partial charge < -0.3 is 14.9 Å². The molecule has 1 heterocycles. The molecular weight excluding hydrogens is 447 g/mol. The van der Waals surface area contributed by atoms with Crippen molar-refractivity contribution < 1.29 is 27.9 Å². The predicted octanol–water partition coefficient (Wildman–Crippen LogP) is 3.91. The van der Waals surface area contributed by atoms with Crippen LogP contribution in [-0.2, 0) is 12.7 Å². The van der Waals surface area contributed by atoms with Gasteiger partial charge in [-0.15, -0.1) is 0 Å². The number of Topliss-reactive ketones (excluding diaryl/α,β-unsaturated/α-hetero) is 1. The molecule has 0 atom stereocenters. The highest BCUT2D eigenvalue weighted by Crippen LogP contribution is 2.37. The first-order chi connectivity index (χ1) is 15.1. The van der Waals surface area contributed by atoms with Gasteiger partial charge in [-0.3, -0.25) is 9.69 Å². The fourth-order valence-electron chi connectivity index (χ4n) is 3.41. The van der Waals surface area contributed by atoms with E-state index in [9.17, 15) is 22.8 Å². The van der Waals surface area contributed by atoms with Crippen molar-refractivity contribution in [3.8, 4) is 0 Å². The highest BCUT2D eigenvalue weighted by Gasteiger charge is 2.35. The summed E-state index contributed by atoms with van der Waals surface area (Å²) in [5.41, 5.74) is -0.0255. The van der Waals surface area contributed by atoms with Crippen molar-refractivity contribution in [3.05, 3.63) is 64.2 Å². The van der Waals surface area contributed by atoms with E-state index in [1.807, 2.05) is 7.05 Å². The van der Waals surface area contributed by atoms with E-state index in [0.29, 0.717) is 37.3 Å². The van der Waals surface area contributed by atoms with Crippen molar-refractivity contribution in [1.29, 1.82) is 0 Å². The Morgan fingerprint density at radius 1 is 1.06 bits per heavy atom. The Bertz CT molecular complexity index is 975. The minimum Gasteiger partial charge on any atom is -0.388 e. The number of anilines is 1. The molecule has 10 heteroatoms. The molecule has 172 valence electrons. The molecule has 0 unspecified atom stereocenters. The normalized spacial score (nSPS) is 15.0. The Hall–Kier alpha value is -2.62. The zero-order valence-corrected chi connectivity index (χ0v) is 18.2. The van der Waals surface area contributed by atoms with E-state index in [2.05, 4.69) is 4.90 Å². The first kappa shape index (κ1) is 24.0. The van der Waals surface area contributed by atoms with E-state index in [4.69, 9.17) is 16.7 Å². The number of piperazine rings is 1. The van der Waals surface area contributed by atoms with Crippen LogP contribution in [0.15, 0.2) is 42.5 Å². The third kappa shape index (κ3) is 5.59. The lowest BCUT2D eigenvalue weighted by Gasteiger charge is -2.36. The van der Waals surface area contributed by atoms with Crippen LogP contribution in [0.3, 0.4) is 0 Å². The van der Waals surface area contributed by atoms with Gasteiger partial charge in [-0.1, -0.05) is 35.9 Å². The molecule has 1 aliphatic rings. The molecule has 0 saturated carbocycles.